The molecule has 0 saturated carbocycles. The molecular formula is C18H21N7O. The first kappa shape index (κ1) is 16.5. The summed E-state index contributed by atoms with van der Waals surface area (Å²) in [5.74, 6) is 0.324. The lowest BCUT2D eigenvalue weighted by molar-refractivity contribution is 0.164. The molecule has 0 spiro atoms. The number of carbonyl (C=O) groups is 1. The molecule has 1 aliphatic rings. The van der Waals surface area contributed by atoms with Gasteiger partial charge in [-0.3, -0.25) is 10.00 Å². The van der Waals surface area contributed by atoms with Crippen LogP contribution in [0.2, 0.25) is 0 Å². The summed E-state index contributed by atoms with van der Waals surface area (Å²) in [7, 11) is 3.94. The zero-order valence-corrected chi connectivity index (χ0v) is 14.9. The molecule has 1 saturated heterocycles. The Morgan fingerprint density at radius 3 is 2.62 bits per heavy atom. The van der Waals surface area contributed by atoms with Gasteiger partial charge < -0.3 is 9.80 Å². The number of hydrogen-bond acceptors (Lipinski definition) is 5. The van der Waals surface area contributed by atoms with Crippen LogP contribution in [0.1, 0.15) is 0 Å². The SMILES string of the molecule is CN1CCN(C(=O)Nc2ncc3ccc(-c4cnn(C)c4)cc3n2)CC1. The van der Waals surface area contributed by atoms with Gasteiger partial charge in [0.2, 0.25) is 5.95 Å². The van der Waals surface area contributed by atoms with Crippen molar-refractivity contribution in [1.29, 1.82) is 0 Å². The normalized spacial score (nSPS) is 15.4. The number of rotatable bonds is 2. The first-order valence-electron chi connectivity index (χ1n) is 8.59. The van der Waals surface area contributed by atoms with E-state index >= 15 is 0 Å². The molecule has 0 aliphatic carbocycles. The molecule has 26 heavy (non-hydrogen) atoms. The number of fused-ring (bicyclic) bond motifs is 1. The third-order valence-electron chi connectivity index (χ3n) is 4.63. The van der Waals surface area contributed by atoms with Gasteiger partial charge in [-0.05, 0) is 18.7 Å². The summed E-state index contributed by atoms with van der Waals surface area (Å²) >= 11 is 0. The van der Waals surface area contributed by atoms with Crippen molar-refractivity contribution in [3.05, 3.63) is 36.8 Å². The molecule has 0 radical (unpaired) electrons. The lowest BCUT2D eigenvalue weighted by Gasteiger charge is -2.32. The third-order valence-corrected chi connectivity index (χ3v) is 4.63. The Morgan fingerprint density at radius 2 is 1.88 bits per heavy atom. The second-order valence-corrected chi connectivity index (χ2v) is 6.59. The number of urea groups is 1. The molecule has 2 amide bonds. The van der Waals surface area contributed by atoms with Gasteiger partial charge in [0.05, 0.1) is 11.7 Å². The number of aryl methyl sites for hydroxylation is 1. The molecule has 1 aliphatic heterocycles. The van der Waals surface area contributed by atoms with Crippen LogP contribution >= 0.6 is 0 Å². The monoisotopic (exact) mass is 351 g/mol. The predicted molar refractivity (Wildman–Crippen MR) is 99.8 cm³/mol. The number of hydrogen-bond donors (Lipinski definition) is 1. The number of anilines is 1. The number of amides is 2. The molecule has 4 rings (SSSR count). The fourth-order valence-electron chi connectivity index (χ4n) is 3.02. The van der Waals surface area contributed by atoms with Crippen molar-refractivity contribution in [2.75, 3.05) is 38.5 Å². The standard InChI is InChI=1S/C18H21N7O/c1-23-5-7-25(8-6-23)18(26)22-17-19-10-14-4-3-13(9-16(14)21-17)15-11-20-24(2)12-15/h3-4,9-12H,5-8H2,1-2H3,(H,19,21,22,26). The predicted octanol–water partition coefficient (Wildman–Crippen LogP) is 1.81. The van der Waals surface area contributed by atoms with Gasteiger partial charge in [-0.15, -0.1) is 0 Å². The number of nitrogens with one attached hydrogen (secondary N) is 1. The third kappa shape index (κ3) is 3.36. The number of carbonyl (C=O) groups excluding carboxylic acids is 1. The van der Waals surface area contributed by atoms with Gasteiger partial charge in [-0.25, -0.2) is 14.8 Å². The van der Waals surface area contributed by atoms with E-state index in [1.807, 2.05) is 37.6 Å². The topological polar surface area (TPSA) is 79.2 Å². The van der Waals surface area contributed by atoms with Crippen LogP contribution in [-0.2, 0) is 7.05 Å². The van der Waals surface area contributed by atoms with Gasteiger partial charge in [0.25, 0.3) is 0 Å². The van der Waals surface area contributed by atoms with Gasteiger partial charge in [0.1, 0.15) is 0 Å². The van der Waals surface area contributed by atoms with E-state index in [4.69, 9.17) is 0 Å². The first-order valence-corrected chi connectivity index (χ1v) is 8.59. The number of aromatic nitrogens is 4. The maximum absolute atomic E-state index is 12.4. The maximum Gasteiger partial charge on any atom is 0.324 e. The van der Waals surface area contributed by atoms with Crippen molar-refractivity contribution in [3.63, 3.8) is 0 Å². The summed E-state index contributed by atoms with van der Waals surface area (Å²) in [6.45, 7) is 3.17. The van der Waals surface area contributed by atoms with Gasteiger partial charge in [0.15, 0.2) is 0 Å². The maximum atomic E-state index is 12.4. The Balaban J connectivity index is 1.55. The first-order chi connectivity index (χ1) is 12.6. The van der Waals surface area contributed by atoms with E-state index in [-0.39, 0.29) is 6.03 Å². The van der Waals surface area contributed by atoms with Crippen molar-refractivity contribution >= 4 is 22.9 Å². The second-order valence-electron chi connectivity index (χ2n) is 6.59. The summed E-state index contributed by atoms with van der Waals surface area (Å²) in [5.41, 5.74) is 2.84. The lowest BCUT2D eigenvalue weighted by atomic mass is 10.1. The molecule has 3 aromatic rings. The molecule has 3 heterocycles. The van der Waals surface area contributed by atoms with Gasteiger partial charge in [-0.2, -0.15) is 5.10 Å². The molecule has 1 fully saturated rings. The minimum absolute atomic E-state index is 0.152. The van der Waals surface area contributed by atoms with Crippen molar-refractivity contribution in [3.8, 4) is 11.1 Å². The minimum Gasteiger partial charge on any atom is -0.322 e. The fraction of sp³-hybridized carbons (Fsp3) is 0.333. The zero-order valence-electron chi connectivity index (χ0n) is 14.9. The summed E-state index contributed by atoms with van der Waals surface area (Å²) < 4.78 is 1.77. The molecule has 134 valence electrons. The highest BCUT2D eigenvalue weighted by molar-refractivity contribution is 5.90. The van der Waals surface area contributed by atoms with E-state index < -0.39 is 0 Å². The van der Waals surface area contributed by atoms with Crippen molar-refractivity contribution in [2.45, 2.75) is 0 Å². The Bertz CT molecular complexity index is 944. The highest BCUT2D eigenvalue weighted by Crippen LogP contribution is 2.23. The van der Waals surface area contributed by atoms with Crippen LogP contribution < -0.4 is 5.32 Å². The highest BCUT2D eigenvalue weighted by Gasteiger charge is 2.19. The van der Waals surface area contributed by atoms with Crippen LogP contribution in [0.4, 0.5) is 10.7 Å². The van der Waals surface area contributed by atoms with E-state index in [9.17, 15) is 4.79 Å². The molecule has 8 nitrogen and oxygen atoms in total. The Morgan fingerprint density at radius 1 is 1.08 bits per heavy atom. The summed E-state index contributed by atoms with van der Waals surface area (Å²) in [5, 5.41) is 7.94. The number of nitrogens with zero attached hydrogens (tertiary/aromatic N) is 6. The summed E-state index contributed by atoms with van der Waals surface area (Å²) in [6, 6.07) is 5.83. The Labute approximate surface area is 151 Å². The van der Waals surface area contributed by atoms with Crippen LogP contribution in [0.3, 0.4) is 0 Å². The van der Waals surface area contributed by atoms with Gasteiger partial charge in [-0.1, -0.05) is 12.1 Å². The fourth-order valence-corrected chi connectivity index (χ4v) is 3.02. The smallest absolute Gasteiger partial charge is 0.322 e. The van der Waals surface area contributed by atoms with E-state index in [1.165, 1.54) is 0 Å². The largest absolute Gasteiger partial charge is 0.324 e. The Kier molecular flexibility index (Phi) is 4.26. The number of piperazine rings is 1. The summed E-state index contributed by atoms with van der Waals surface area (Å²) in [4.78, 5) is 25.2. The molecule has 1 N–H and O–H groups in total. The highest BCUT2D eigenvalue weighted by atomic mass is 16.2. The molecule has 0 bridgehead atoms. The summed E-state index contributed by atoms with van der Waals surface area (Å²) in [6.07, 6.45) is 5.51. The quantitative estimate of drug-likeness (QED) is 0.762. The van der Waals surface area contributed by atoms with E-state index in [2.05, 4.69) is 32.3 Å². The van der Waals surface area contributed by atoms with Crippen LogP contribution in [0.5, 0.6) is 0 Å². The van der Waals surface area contributed by atoms with Crippen LogP contribution in [0, 0.1) is 0 Å². The van der Waals surface area contributed by atoms with Crippen LogP contribution in [0.25, 0.3) is 22.0 Å². The minimum atomic E-state index is -0.152. The lowest BCUT2D eigenvalue weighted by Crippen LogP contribution is -2.48. The van der Waals surface area contributed by atoms with E-state index in [0.717, 1.165) is 35.1 Å². The molecular weight excluding hydrogens is 330 g/mol. The van der Waals surface area contributed by atoms with Crippen LogP contribution in [0.15, 0.2) is 36.8 Å². The van der Waals surface area contributed by atoms with E-state index in [0.29, 0.717) is 19.0 Å². The van der Waals surface area contributed by atoms with Gasteiger partial charge in [0, 0.05) is 56.6 Å². The van der Waals surface area contributed by atoms with Crippen LogP contribution in [-0.4, -0.2) is 68.8 Å². The second kappa shape index (κ2) is 6.72. The number of likely N-dealkylation sites (N-methyl/N-ethyl adjacent to an activating group) is 1. The number of benzene rings is 1. The molecule has 8 heteroatoms. The molecule has 0 unspecified atom stereocenters. The van der Waals surface area contributed by atoms with E-state index in [1.54, 1.807) is 15.8 Å². The average molecular weight is 351 g/mol. The molecule has 2 aromatic heterocycles. The zero-order chi connectivity index (χ0) is 18.1. The average Bonchev–Trinajstić information content (AvgIpc) is 3.08. The molecule has 1 aromatic carbocycles. The molecule has 0 atom stereocenters. The van der Waals surface area contributed by atoms with Crippen molar-refractivity contribution in [1.82, 2.24) is 29.5 Å². The van der Waals surface area contributed by atoms with Gasteiger partial charge >= 0.3 is 6.03 Å². The van der Waals surface area contributed by atoms with Crippen molar-refractivity contribution < 1.29 is 4.79 Å². The Hall–Kier alpha value is -3.00. The van der Waals surface area contributed by atoms with Crippen molar-refractivity contribution in [2.24, 2.45) is 7.05 Å².